The van der Waals surface area contributed by atoms with Crippen LogP contribution in [0.1, 0.15) is 23.5 Å². The van der Waals surface area contributed by atoms with Gasteiger partial charge >= 0.3 is 0 Å². The number of hydrogen-bond donors (Lipinski definition) is 2. The summed E-state index contributed by atoms with van der Waals surface area (Å²) in [6, 6.07) is 0. The fourth-order valence-corrected chi connectivity index (χ4v) is 2.03. The average molecular weight is 279 g/mol. The van der Waals surface area contributed by atoms with Crippen molar-refractivity contribution in [2.24, 2.45) is 0 Å². The van der Waals surface area contributed by atoms with Crippen molar-refractivity contribution in [1.29, 1.82) is 0 Å². The molecule has 1 amide bonds. The highest BCUT2D eigenvalue weighted by Gasteiger charge is 2.14. The minimum atomic E-state index is -0.194. The number of aliphatic hydroxyl groups excluding tert-OH is 1. The number of rotatable bonds is 7. The number of H-pyrrole nitrogens is 1. The van der Waals surface area contributed by atoms with Crippen LogP contribution in [-0.2, 0) is 11.2 Å². The molecule has 0 saturated carbocycles. The molecule has 1 heterocycles. The van der Waals surface area contributed by atoms with Crippen molar-refractivity contribution >= 4 is 5.91 Å². The summed E-state index contributed by atoms with van der Waals surface area (Å²) >= 11 is 0. The largest absolute Gasteiger partial charge is 0.395 e. The van der Waals surface area contributed by atoms with E-state index in [4.69, 9.17) is 5.11 Å². The predicted octanol–water partition coefficient (Wildman–Crippen LogP) is 0.326. The van der Waals surface area contributed by atoms with Gasteiger partial charge in [-0.2, -0.15) is 0 Å². The number of aliphatic hydroxyl groups is 1. The predicted molar refractivity (Wildman–Crippen MR) is 76.5 cm³/mol. The van der Waals surface area contributed by atoms with Crippen molar-refractivity contribution in [3.05, 3.63) is 40.1 Å². The van der Waals surface area contributed by atoms with Crippen LogP contribution in [0.15, 0.2) is 17.4 Å². The summed E-state index contributed by atoms with van der Waals surface area (Å²) in [6.07, 6.45) is 2.16. The molecule has 0 bridgehead atoms. The van der Waals surface area contributed by atoms with Crippen LogP contribution in [0.5, 0.6) is 0 Å². The molecule has 1 aromatic heterocycles. The molecule has 0 saturated heterocycles. The van der Waals surface area contributed by atoms with Crippen LogP contribution in [0.2, 0.25) is 0 Å². The first-order valence-corrected chi connectivity index (χ1v) is 6.55. The second kappa shape index (κ2) is 7.59. The van der Waals surface area contributed by atoms with Gasteiger partial charge in [-0.3, -0.25) is 9.59 Å². The lowest BCUT2D eigenvalue weighted by Crippen LogP contribution is -2.34. The first kappa shape index (κ1) is 16.1. The minimum Gasteiger partial charge on any atom is -0.395 e. The maximum atomic E-state index is 12.0. The van der Waals surface area contributed by atoms with Gasteiger partial charge in [0.2, 0.25) is 5.91 Å². The topological polar surface area (TPSA) is 86.3 Å². The van der Waals surface area contributed by atoms with E-state index in [-0.39, 0.29) is 31.0 Å². The van der Waals surface area contributed by atoms with E-state index in [0.29, 0.717) is 30.0 Å². The molecule has 110 valence electrons. The summed E-state index contributed by atoms with van der Waals surface area (Å²) in [5.41, 5.74) is 0.989. The smallest absolute Gasteiger partial charge is 0.254 e. The van der Waals surface area contributed by atoms with E-state index >= 15 is 0 Å². The van der Waals surface area contributed by atoms with Crippen LogP contribution in [0.25, 0.3) is 0 Å². The highest BCUT2D eigenvalue weighted by molar-refractivity contribution is 5.76. The number of amides is 1. The van der Waals surface area contributed by atoms with Crippen LogP contribution in [-0.4, -0.2) is 45.6 Å². The van der Waals surface area contributed by atoms with Gasteiger partial charge in [-0.05, 0) is 20.3 Å². The number of carbonyl (C=O) groups excluding carboxylic acids is 1. The van der Waals surface area contributed by atoms with Crippen molar-refractivity contribution in [3.63, 3.8) is 0 Å². The monoisotopic (exact) mass is 279 g/mol. The first-order chi connectivity index (χ1) is 9.49. The van der Waals surface area contributed by atoms with E-state index in [9.17, 15) is 9.59 Å². The van der Waals surface area contributed by atoms with E-state index in [0.717, 1.165) is 0 Å². The molecular weight excluding hydrogens is 258 g/mol. The molecule has 2 N–H and O–H groups in total. The third-order valence-corrected chi connectivity index (χ3v) is 3.00. The number of aromatic nitrogens is 2. The molecular formula is C14H21N3O3. The average Bonchev–Trinajstić information content (AvgIpc) is 2.37. The van der Waals surface area contributed by atoms with Gasteiger partial charge in [-0.25, -0.2) is 4.98 Å². The molecule has 6 nitrogen and oxygen atoms in total. The van der Waals surface area contributed by atoms with E-state index in [2.05, 4.69) is 16.5 Å². The van der Waals surface area contributed by atoms with Crippen LogP contribution >= 0.6 is 0 Å². The summed E-state index contributed by atoms with van der Waals surface area (Å²) < 4.78 is 0. The quantitative estimate of drug-likeness (QED) is 0.704. The zero-order chi connectivity index (χ0) is 15.1. The third kappa shape index (κ3) is 4.31. The number of nitrogens with zero attached hydrogens (tertiary/aromatic N) is 2. The lowest BCUT2D eigenvalue weighted by atomic mass is 10.1. The third-order valence-electron chi connectivity index (χ3n) is 3.00. The molecule has 0 aromatic carbocycles. The molecule has 20 heavy (non-hydrogen) atoms. The fraction of sp³-hybridized carbons (Fsp3) is 0.500. The standard InChI is InChI=1S/C14H21N3O3/c1-4-7-17(8-9-18)13(19)6-5-12-10(2)15-11(3)16-14(12)20/h4,18H,1,5-9H2,2-3H3,(H,15,16,20). The van der Waals surface area contributed by atoms with Gasteiger partial charge < -0.3 is 15.0 Å². The summed E-state index contributed by atoms with van der Waals surface area (Å²) in [5.74, 6) is 0.453. The Morgan fingerprint density at radius 3 is 2.75 bits per heavy atom. The van der Waals surface area contributed by atoms with Crippen LogP contribution < -0.4 is 5.56 Å². The van der Waals surface area contributed by atoms with Gasteiger partial charge in [0.1, 0.15) is 5.82 Å². The Morgan fingerprint density at radius 2 is 2.20 bits per heavy atom. The fourth-order valence-electron chi connectivity index (χ4n) is 2.03. The Kier molecular flexibility index (Phi) is 6.11. The lowest BCUT2D eigenvalue weighted by Gasteiger charge is -2.19. The molecule has 0 unspecified atom stereocenters. The molecule has 0 aliphatic heterocycles. The maximum absolute atomic E-state index is 12.0. The Balaban J connectivity index is 2.73. The normalized spacial score (nSPS) is 10.3. The molecule has 1 aromatic rings. The highest BCUT2D eigenvalue weighted by Crippen LogP contribution is 2.05. The molecule has 1 rings (SSSR count). The molecule has 0 radical (unpaired) electrons. The summed E-state index contributed by atoms with van der Waals surface area (Å²) in [6.45, 7) is 7.63. The van der Waals surface area contributed by atoms with Gasteiger partial charge in [0.05, 0.1) is 6.61 Å². The highest BCUT2D eigenvalue weighted by atomic mass is 16.3. The minimum absolute atomic E-state index is 0.0920. The van der Waals surface area contributed by atoms with Crippen molar-refractivity contribution in [1.82, 2.24) is 14.9 Å². The van der Waals surface area contributed by atoms with Gasteiger partial charge in [0.25, 0.3) is 5.56 Å². The van der Waals surface area contributed by atoms with Crippen LogP contribution in [0.3, 0.4) is 0 Å². The van der Waals surface area contributed by atoms with Crippen LogP contribution in [0.4, 0.5) is 0 Å². The number of aryl methyl sites for hydroxylation is 2. The van der Waals surface area contributed by atoms with Crippen molar-refractivity contribution in [3.8, 4) is 0 Å². The second-order valence-electron chi connectivity index (χ2n) is 4.57. The van der Waals surface area contributed by atoms with E-state index in [1.165, 1.54) is 4.90 Å². The zero-order valence-electron chi connectivity index (χ0n) is 12.0. The first-order valence-electron chi connectivity index (χ1n) is 6.55. The van der Waals surface area contributed by atoms with E-state index in [1.807, 2.05) is 0 Å². The van der Waals surface area contributed by atoms with E-state index < -0.39 is 0 Å². The maximum Gasteiger partial charge on any atom is 0.254 e. The van der Waals surface area contributed by atoms with Gasteiger partial charge in [0.15, 0.2) is 0 Å². The van der Waals surface area contributed by atoms with Crippen molar-refractivity contribution in [2.45, 2.75) is 26.7 Å². The lowest BCUT2D eigenvalue weighted by molar-refractivity contribution is -0.131. The Morgan fingerprint density at radius 1 is 1.50 bits per heavy atom. The molecule has 0 aliphatic rings. The molecule has 0 atom stereocenters. The Labute approximate surface area is 118 Å². The van der Waals surface area contributed by atoms with Gasteiger partial charge in [-0.15, -0.1) is 6.58 Å². The number of aromatic amines is 1. The summed E-state index contributed by atoms with van der Waals surface area (Å²) in [5, 5.41) is 8.92. The molecule has 0 aliphatic carbocycles. The molecule has 6 heteroatoms. The zero-order valence-corrected chi connectivity index (χ0v) is 12.0. The van der Waals surface area contributed by atoms with Gasteiger partial charge in [0, 0.05) is 30.8 Å². The molecule has 0 fully saturated rings. The Bertz CT molecular complexity index is 537. The molecule has 0 spiro atoms. The summed E-state index contributed by atoms with van der Waals surface area (Å²) in [7, 11) is 0. The second-order valence-corrected chi connectivity index (χ2v) is 4.57. The number of hydrogen-bond acceptors (Lipinski definition) is 4. The van der Waals surface area contributed by atoms with Crippen LogP contribution in [0, 0.1) is 13.8 Å². The number of carbonyl (C=O) groups is 1. The van der Waals surface area contributed by atoms with Crippen molar-refractivity contribution < 1.29 is 9.90 Å². The SMILES string of the molecule is C=CCN(CCO)C(=O)CCc1c(C)nc(C)[nH]c1=O. The van der Waals surface area contributed by atoms with Crippen molar-refractivity contribution in [2.75, 3.05) is 19.7 Å². The summed E-state index contributed by atoms with van der Waals surface area (Å²) in [4.78, 5) is 32.2. The Hall–Kier alpha value is -1.95. The number of nitrogens with one attached hydrogen (secondary N) is 1. The van der Waals surface area contributed by atoms with Gasteiger partial charge in [-0.1, -0.05) is 6.08 Å². The van der Waals surface area contributed by atoms with E-state index in [1.54, 1.807) is 19.9 Å².